The van der Waals surface area contributed by atoms with Crippen LogP contribution in [0.15, 0.2) is 21.6 Å². The molecule has 0 aromatic carbocycles. The number of nitrogens with one attached hydrogen (secondary N) is 2. The Morgan fingerprint density at radius 3 is 2.78 bits per heavy atom. The van der Waals surface area contributed by atoms with Crippen LogP contribution in [0.4, 0.5) is 0 Å². The number of hydrogen-bond acceptors (Lipinski definition) is 5. The van der Waals surface area contributed by atoms with Crippen LogP contribution in [0.2, 0.25) is 0 Å². The van der Waals surface area contributed by atoms with E-state index in [1.807, 2.05) is 6.92 Å². The predicted molar refractivity (Wildman–Crippen MR) is 67.7 cm³/mol. The van der Waals surface area contributed by atoms with Gasteiger partial charge in [0, 0.05) is 12.6 Å². The smallest absolute Gasteiger partial charge is 0.274 e. The average molecular weight is 276 g/mol. The maximum atomic E-state index is 11.9. The van der Waals surface area contributed by atoms with E-state index in [1.165, 1.54) is 6.07 Å². The molecule has 0 aliphatic carbocycles. The Labute approximate surface area is 108 Å². The van der Waals surface area contributed by atoms with Crippen LogP contribution in [0.5, 0.6) is 0 Å². The molecule has 0 bridgehead atoms. The zero-order chi connectivity index (χ0) is 13.6. The fraction of sp³-hybridized carbons (Fsp3) is 0.636. The van der Waals surface area contributed by atoms with Crippen molar-refractivity contribution >= 4 is 10.0 Å². The summed E-state index contributed by atoms with van der Waals surface area (Å²) in [6.07, 6.45) is 0. The first-order valence-corrected chi connectivity index (χ1v) is 7.31. The van der Waals surface area contributed by atoms with Gasteiger partial charge in [0.15, 0.2) is 0 Å². The molecule has 1 unspecified atom stereocenters. The van der Waals surface area contributed by atoms with Gasteiger partial charge >= 0.3 is 0 Å². The van der Waals surface area contributed by atoms with Gasteiger partial charge in [0.2, 0.25) is 5.09 Å². The van der Waals surface area contributed by atoms with Gasteiger partial charge in [-0.25, -0.2) is 13.1 Å². The van der Waals surface area contributed by atoms with Gasteiger partial charge in [-0.1, -0.05) is 0 Å². The Kier molecular flexibility index (Phi) is 5.80. The lowest BCUT2D eigenvalue weighted by molar-refractivity contribution is 0.133. The largest absolute Gasteiger partial charge is 0.447 e. The molecule has 6 nitrogen and oxygen atoms in total. The van der Waals surface area contributed by atoms with Gasteiger partial charge in [0.25, 0.3) is 10.0 Å². The first-order chi connectivity index (χ1) is 8.49. The predicted octanol–water partition coefficient (Wildman–Crippen LogP) is 0.702. The van der Waals surface area contributed by atoms with Crippen LogP contribution in [-0.2, 0) is 21.3 Å². The summed E-state index contributed by atoms with van der Waals surface area (Å²) >= 11 is 0. The molecule has 104 valence electrons. The van der Waals surface area contributed by atoms with E-state index in [0.717, 1.165) is 0 Å². The monoisotopic (exact) mass is 276 g/mol. The second-order valence-electron chi connectivity index (χ2n) is 3.93. The first kappa shape index (κ1) is 15.2. The van der Waals surface area contributed by atoms with Gasteiger partial charge in [-0.05, 0) is 33.0 Å². The molecule has 1 aromatic heterocycles. The molecule has 0 fully saturated rings. The van der Waals surface area contributed by atoms with E-state index in [4.69, 9.17) is 9.15 Å². The van der Waals surface area contributed by atoms with Crippen LogP contribution >= 0.6 is 0 Å². The summed E-state index contributed by atoms with van der Waals surface area (Å²) in [5, 5.41) is 2.82. The van der Waals surface area contributed by atoms with E-state index in [1.54, 1.807) is 20.0 Å². The number of sulfonamides is 1. The van der Waals surface area contributed by atoms with Crippen LogP contribution in [0.1, 0.15) is 19.6 Å². The summed E-state index contributed by atoms with van der Waals surface area (Å²) in [6, 6.07) is 2.79. The SMILES string of the molecule is CCOCC(C)NS(=O)(=O)c1ccc(CNC)o1. The van der Waals surface area contributed by atoms with Gasteiger partial charge in [-0.3, -0.25) is 0 Å². The highest BCUT2D eigenvalue weighted by Crippen LogP contribution is 2.14. The summed E-state index contributed by atoms with van der Waals surface area (Å²) in [7, 11) is -1.85. The fourth-order valence-corrected chi connectivity index (χ4v) is 2.60. The number of hydrogen-bond donors (Lipinski definition) is 2. The van der Waals surface area contributed by atoms with Gasteiger partial charge < -0.3 is 14.5 Å². The molecular formula is C11H20N2O4S. The summed E-state index contributed by atoms with van der Waals surface area (Å²) in [6.45, 7) is 4.98. The van der Waals surface area contributed by atoms with Crippen LogP contribution in [0, 0.1) is 0 Å². The van der Waals surface area contributed by atoms with Crippen LogP contribution < -0.4 is 10.0 Å². The summed E-state index contributed by atoms with van der Waals surface area (Å²) in [5.41, 5.74) is 0. The van der Waals surface area contributed by atoms with Crippen LogP contribution in [-0.4, -0.2) is 34.7 Å². The molecule has 1 aromatic rings. The molecule has 7 heteroatoms. The minimum absolute atomic E-state index is 0.0731. The first-order valence-electron chi connectivity index (χ1n) is 5.83. The summed E-state index contributed by atoms with van der Waals surface area (Å²) in [4.78, 5) is 0. The highest BCUT2D eigenvalue weighted by Gasteiger charge is 2.21. The third-order valence-electron chi connectivity index (χ3n) is 2.18. The number of ether oxygens (including phenoxy) is 1. The van der Waals surface area contributed by atoms with Crippen molar-refractivity contribution in [1.29, 1.82) is 0 Å². The molecular weight excluding hydrogens is 256 g/mol. The van der Waals surface area contributed by atoms with Crippen LogP contribution in [0.25, 0.3) is 0 Å². The zero-order valence-corrected chi connectivity index (χ0v) is 11.7. The Balaban J connectivity index is 2.67. The Morgan fingerprint density at radius 2 is 2.17 bits per heavy atom. The Hall–Kier alpha value is -0.890. The summed E-state index contributed by atoms with van der Waals surface area (Å²) in [5.74, 6) is 0.579. The molecule has 1 atom stereocenters. The second-order valence-corrected chi connectivity index (χ2v) is 5.58. The quantitative estimate of drug-likeness (QED) is 0.730. The fourth-order valence-electron chi connectivity index (χ4n) is 1.42. The highest BCUT2D eigenvalue weighted by atomic mass is 32.2. The molecule has 0 saturated heterocycles. The zero-order valence-electron chi connectivity index (χ0n) is 10.9. The van der Waals surface area contributed by atoms with E-state index in [-0.39, 0.29) is 11.1 Å². The third kappa shape index (κ3) is 4.41. The maximum absolute atomic E-state index is 11.9. The van der Waals surface area contributed by atoms with Crippen LogP contribution in [0.3, 0.4) is 0 Å². The van der Waals surface area contributed by atoms with Gasteiger partial charge in [0.1, 0.15) is 5.76 Å². The van der Waals surface area contributed by atoms with E-state index in [0.29, 0.717) is 25.5 Å². The minimum Gasteiger partial charge on any atom is -0.447 e. The molecule has 0 aliphatic heterocycles. The van der Waals surface area contributed by atoms with Crippen molar-refractivity contribution in [2.45, 2.75) is 31.5 Å². The van der Waals surface area contributed by atoms with Crippen molar-refractivity contribution in [3.05, 3.63) is 17.9 Å². The molecule has 0 aliphatic rings. The Bertz CT molecular complexity index is 455. The topological polar surface area (TPSA) is 80.6 Å². The van der Waals surface area contributed by atoms with Gasteiger partial charge in [-0.2, -0.15) is 0 Å². The average Bonchev–Trinajstić information content (AvgIpc) is 2.75. The molecule has 0 amide bonds. The molecule has 2 N–H and O–H groups in total. The molecule has 1 rings (SSSR count). The van der Waals surface area contributed by atoms with Crippen molar-refractivity contribution in [2.24, 2.45) is 0 Å². The molecule has 18 heavy (non-hydrogen) atoms. The van der Waals surface area contributed by atoms with E-state index >= 15 is 0 Å². The maximum Gasteiger partial charge on any atom is 0.274 e. The van der Waals surface area contributed by atoms with Gasteiger partial charge in [-0.15, -0.1) is 0 Å². The molecule has 0 spiro atoms. The lowest BCUT2D eigenvalue weighted by atomic mass is 10.4. The molecule has 0 saturated carbocycles. The van der Waals surface area contributed by atoms with E-state index < -0.39 is 10.0 Å². The van der Waals surface area contributed by atoms with Crippen molar-refractivity contribution in [2.75, 3.05) is 20.3 Å². The highest BCUT2D eigenvalue weighted by molar-refractivity contribution is 7.89. The lowest BCUT2D eigenvalue weighted by Gasteiger charge is -2.12. The standard InChI is InChI=1S/C11H20N2O4S/c1-4-16-8-9(2)13-18(14,15)11-6-5-10(17-11)7-12-3/h5-6,9,12-13H,4,7-8H2,1-3H3. The normalized spacial score (nSPS) is 13.7. The third-order valence-corrected chi connectivity index (χ3v) is 3.64. The summed E-state index contributed by atoms with van der Waals surface area (Å²) < 4.78 is 36.8. The second kappa shape index (κ2) is 6.89. The van der Waals surface area contributed by atoms with Crippen molar-refractivity contribution in [3.8, 4) is 0 Å². The number of furan rings is 1. The Morgan fingerprint density at radius 1 is 1.44 bits per heavy atom. The van der Waals surface area contributed by atoms with Gasteiger partial charge in [0.05, 0.1) is 13.2 Å². The van der Waals surface area contributed by atoms with Crippen molar-refractivity contribution < 1.29 is 17.6 Å². The van der Waals surface area contributed by atoms with E-state index in [2.05, 4.69) is 10.0 Å². The number of rotatable bonds is 8. The van der Waals surface area contributed by atoms with E-state index in [9.17, 15) is 8.42 Å². The molecule has 0 radical (unpaired) electrons. The van der Waals surface area contributed by atoms with Crippen molar-refractivity contribution in [1.82, 2.24) is 10.0 Å². The van der Waals surface area contributed by atoms with Crippen molar-refractivity contribution in [3.63, 3.8) is 0 Å². The lowest BCUT2D eigenvalue weighted by Crippen LogP contribution is -2.35. The molecule has 1 heterocycles. The minimum atomic E-state index is -3.61.